The molecule has 0 N–H and O–H groups in total. The normalized spacial score (nSPS) is 25.9. The minimum Gasteiger partial charge on any atom is -0.490 e. The van der Waals surface area contributed by atoms with Gasteiger partial charge in [0.2, 0.25) is 0 Å². The van der Waals surface area contributed by atoms with Gasteiger partial charge < -0.3 is 4.74 Å². The number of ether oxygens (including phenoxy) is 1. The standard InChI is InChI=1S/C13H18O/c1-10(2)11-8-13(9-11)14-12-6-4-3-5-7-12/h3-7,10-11,13H,8-9H2,1-2H3. The highest BCUT2D eigenvalue weighted by Gasteiger charge is 2.32. The van der Waals surface area contributed by atoms with Gasteiger partial charge in [-0.3, -0.25) is 0 Å². The summed E-state index contributed by atoms with van der Waals surface area (Å²) in [5.74, 6) is 2.70. The molecule has 0 aromatic heterocycles. The SMILES string of the molecule is CC(C)C1CC(Oc2ccccc2)C1. The van der Waals surface area contributed by atoms with Gasteiger partial charge in [-0.1, -0.05) is 32.0 Å². The van der Waals surface area contributed by atoms with Crippen LogP contribution in [0.4, 0.5) is 0 Å². The van der Waals surface area contributed by atoms with Crippen molar-refractivity contribution in [1.82, 2.24) is 0 Å². The molecule has 1 saturated carbocycles. The van der Waals surface area contributed by atoms with E-state index in [2.05, 4.69) is 13.8 Å². The number of hydrogen-bond donors (Lipinski definition) is 0. The van der Waals surface area contributed by atoms with Crippen molar-refractivity contribution >= 4 is 0 Å². The fourth-order valence-electron chi connectivity index (χ4n) is 1.94. The van der Waals surface area contributed by atoms with E-state index >= 15 is 0 Å². The molecule has 0 amide bonds. The smallest absolute Gasteiger partial charge is 0.119 e. The van der Waals surface area contributed by atoms with E-state index in [0.717, 1.165) is 17.6 Å². The molecule has 1 aliphatic rings. The van der Waals surface area contributed by atoms with Crippen LogP contribution in [0.25, 0.3) is 0 Å². The molecule has 1 nitrogen and oxygen atoms in total. The van der Waals surface area contributed by atoms with Gasteiger partial charge in [-0.15, -0.1) is 0 Å². The van der Waals surface area contributed by atoms with E-state index in [9.17, 15) is 0 Å². The second-order valence-corrected chi connectivity index (χ2v) is 4.53. The van der Waals surface area contributed by atoms with Gasteiger partial charge in [0.05, 0.1) is 6.10 Å². The lowest BCUT2D eigenvalue weighted by Gasteiger charge is -2.37. The van der Waals surface area contributed by atoms with E-state index in [0.29, 0.717) is 6.10 Å². The Labute approximate surface area is 86.1 Å². The van der Waals surface area contributed by atoms with Crippen LogP contribution < -0.4 is 4.74 Å². The minimum absolute atomic E-state index is 0.463. The third-order valence-corrected chi connectivity index (χ3v) is 3.12. The average Bonchev–Trinajstić information content (AvgIpc) is 2.12. The maximum Gasteiger partial charge on any atom is 0.119 e. The van der Waals surface area contributed by atoms with Crippen LogP contribution in [0.1, 0.15) is 26.7 Å². The Bertz CT molecular complexity index is 273. The van der Waals surface area contributed by atoms with Gasteiger partial charge >= 0.3 is 0 Å². The second kappa shape index (κ2) is 4.04. The third kappa shape index (κ3) is 2.09. The lowest BCUT2D eigenvalue weighted by molar-refractivity contribution is 0.0417. The van der Waals surface area contributed by atoms with Gasteiger partial charge in [0, 0.05) is 0 Å². The van der Waals surface area contributed by atoms with Gasteiger partial charge in [0.25, 0.3) is 0 Å². The molecule has 0 spiro atoms. The van der Waals surface area contributed by atoms with Crippen molar-refractivity contribution in [2.24, 2.45) is 11.8 Å². The molecule has 2 rings (SSSR count). The molecule has 1 aromatic rings. The van der Waals surface area contributed by atoms with Gasteiger partial charge in [-0.2, -0.15) is 0 Å². The van der Waals surface area contributed by atoms with Crippen LogP contribution in [0.2, 0.25) is 0 Å². The molecule has 1 aromatic carbocycles. The van der Waals surface area contributed by atoms with Crippen LogP contribution >= 0.6 is 0 Å². The minimum atomic E-state index is 0.463. The number of para-hydroxylation sites is 1. The summed E-state index contributed by atoms with van der Waals surface area (Å²) in [5.41, 5.74) is 0. The lowest BCUT2D eigenvalue weighted by Crippen LogP contribution is -2.36. The summed E-state index contributed by atoms with van der Waals surface area (Å²) in [7, 11) is 0. The highest BCUT2D eigenvalue weighted by Crippen LogP contribution is 2.36. The summed E-state index contributed by atoms with van der Waals surface area (Å²) in [6, 6.07) is 10.1. The van der Waals surface area contributed by atoms with Crippen molar-refractivity contribution < 1.29 is 4.74 Å². The molecule has 0 atom stereocenters. The molecule has 0 unspecified atom stereocenters. The Hall–Kier alpha value is -0.980. The first-order valence-corrected chi connectivity index (χ1v) is 5.47. The topological polar surface area (TPSA) is 9.23 Å². The molecule has 0 saturated heterocycles. The maximum absolute atomic E-state index is 5.83. The molecule has 14 heavy (non-hydrogen) atoms. The summed E-state index contributed by atoms with van der Waals surface area (Å²) in [5, 5.41) is 0. The molecular weight excluding hydrogens is 172 g/mol. The number of hydrogen-bond acceptors (Lipinski definition) is 1. The van der Waals surface area contributed by atoms with Crippen molar-refractivity contribution in [2.45, 2.75) is 32.8 Å². The first kappa shape index (κ1) is 9.57. The van der Waals surface area contributed by atoms with E-state index in [4.69, 9.17) is 4.74 Å². The summed E-state index contributed by atoms with van der Waals surface area (Å²) < 4.78 is 5.83. The Balaban J connectivity index is 1.80. The quantitative estimate of drug-likeness (QED) is 0.708. The average molecular weight is 190 g/mol. The van der Waals surface area contributed by atoms with E-state index < -0.39 is 0 Å². The predicted molar refractivity (Wildman–Crippen MR) is 58.4 cm³/mol. The molecule has 1 heteroatoms. The molecule has 0 bridgehead atoms. The summed E-state index contributed by atoms with van der Waals surface area (Å²) >= 11 is 0. The van der Waals surface area contributed by atoms with Crippen LogP contribution in [0.15, 0.2) is 30.3 Å². The van der Waals surface area contributed by atoms with Crippen molar-refractivity contribution in [2.75, 3.05) is 0 Å². The van der Waals surface area contributed by atoms with Gasteiger partial charge in [0.15, 0.2) is 0 Å². The molecule has 0 heterocycles. The Morgan fingerprint density at radius 3 is 2.36 bits per heavy atom. The zero-order chi connectivity index (χ0) is 9.97. The van der Waals surface area contributed by atoms with Crippen LogP contribution in [-0.4, -0.2) is 6.10 Å². The summed E-state index contributed by atoms with van der Waals surface area (Å²) in [4.78, 5) is 0. The van der Waals surface area contributed by atoms with Crippen molar-refractivity contribution in [3.05, 3.63) is 30.3 Å². The van der Waals surface area contributed by atoms with E-state index in [1.165, 1.54) is 12.8 Å². The number of rotatable bonds is 3. The first-order valence-electron chi connectivity index (χ1n) is 5.47. The van der Waals surface area contributed by atoms with Crippen LogP contribution in [0.3, 0.4) is 0 Å². The molecule has 1 aliphatic carbocycles. The summed E-state index contributed by atoms with van der Waals surface area (Å²) in [6.07, 6.45) is 2.92. The Morgan fingerprint density at radius 1 is 1.14 bits per heavy atom. The second-order valence-electron chi connectivity index (χ2n) is 4.53. The van der Waals surface area contributed by atoms with Crippen LogP contribution in [0.5, 0.6) is 5.75 Å². The van der Waals surface area contributed by atoms with Crippen molar-refractivity contribution in [3.8, 4) is 5.75 Å². The van der Waals surface area contributed by atoms with E-state index in [1.807, 2.05) is 30.3 Å². The summed E-state index contributed by atoms with van der Waals surface area (Å²) in [6.45, 7) is 4.59. The molecule has 1 fully saturated rings. The van der Waals surface area contributed by atoms with E-state index in [1.54, 1.807) is 0 Å². The molecule has 0 aliphatic heterocycles. The zero-order valence-corrected chi connectivity index (χ0v) is 8.94. The molecule has 76 valence electrons. The molecule has 0 radical (unpaired) electrons. The van der Waals surface area contributed by atoms with Crippen LogP contribution in [-0.2, 0) is 0 Å². The monoisotopic (exact) mass is 190 g/mol. The Morgan fingerprint density at radius 2 is 1.79 bits per heavy atom. The van der Waals surface area contributed by atoms with Gasteiger partial charge in [-0.25, -0.2) is 0 Å². The van der Waals surface area contributed by atoms with Crippen LogP contribution in [0, 0.1) is 11.8 Å². The largest absolute Gasteiger partial charge is 0.490 e. The fourth-order valence-corrected chi connectivity index (χ4v) is 1.94. The highest BCUT2D eigenvalue weighted by atomic mass is 16.5. The highest BCUT2D eigenvalue weighted by molar-refractivity contribution is 5.21. The lowest BCUT2D eigenvalue weighted by atomic mass is 9.75. The fraction of sp³-hybridized carbons (Fsp3) is 0.538. The van der Waals surface area contributed by atoms with Gasteiger partial charge in [0.1, 0.15) is 5.75 Å². The Kier molecular flexibility index (Phi) is 2.76. The predicted octanol–water partition coefficient (Wildman–Crippen LogP) is 3.50. The van der Waals surface area contributed by atoms with Crippen molar-refractivity contribution in [1.29, 1.82) is 0 Å². The first-order chi connectivity index (χ1) is 6.75. The third-order valence-electron chi connectivity index (χ3n) is 3.12. The van der Waals surface area contributed by atoms with E-state index in [-0.39, 0.29) is 0 Å². The van der Waals surface area contributed by atoms with Crippen molar-refractivity contribution in [3.63, 3.8) is 0 Å². The zero-order valence-electron chi connectivity index (χ0n) is 8.94. The maximum atomic E-state index is 5.83. The number of benzene rings is 1. The molecular formula is C13H18O. The van der Waals surface area contributed by atoms with Gasteiger partial charge in [-0.05, 0) is 36.8 Å².